The maximum atomic E-state index is 12.3. The van der Waals surface area contributed by atoms with Crippen LogP contribution in [0.25, 0.3) is 0 Å². The van der Waals surface area contributed by atoms with Crippen molar-refractivity contribution in [2.24, 2.45) is 5.73 Å². The first-order valence-electron chi connectivity index (χ1n) is 6.03. The van der Waals surface area contributed by atoms with Crippen molar-refractivity contribution in [1.29, 1.82) is 0 Å². The van der Waals surface area contributed by atoms with Crippen molar-refractivity contribution in [2.75, 3.05) is 11.5 Å². The third-order valence-corrected chi connectivity index (χ3v) is 6.65. The van der Waals surface area contributed by atoms with E-state index in [4.69, 9.17) is 5.73 Å². The molecule has 2 rings (SSSR count). The summed E-state index contributed by atoms with van der Waals surface area (Å²) in [6, 6.07) is 0.411. The van der Waals surface area contributed by atoms with Crippen molar-refractivity contribution >= 4 is 41.8 Å². The molecule has 0 bridgehead atoms. The smallest absolute Gasteiger partial charge is 0.248 e. The van der Waals surface area contributed by atoms with Gasteiger partial charge in [0.2, 0.25) is 5.91 Å². The molecule has 0 aromatic rings. The molecule has 1 amide bonds. The summed E-state index contributed by atoms with van der Waals surface area (Å²) in [5, 5.41) is 3.12. The van der Waals surface area contributed by atoms with Crippen LogP contribution in [0.15, 0.2) is 0 Å². The number of halogens is 1. The van der Waals surface area contributed by atoms with Crippen LogP contribution in [-0.4, -0.2) is 33.6 Å². The van der Waals surface area contributed by atoms with E-state index < -0.39 is 4.08 Å². The molecule has 2 fully saturated rings. The highest BCUT2D eigenvalue weighted by molar-refractivity contribution is 8.22. The number of amides is 1. The molecule has 3 N–H and O–H groups in total. The minimum absolute atomic E-state index is 0. The van der Waals surface area contributed by atoms with Gasteiger partial charge in [-0.25, -0.2) is 0 Å². The van der Waals surface area contributed by atoms with Gasteiger partial charge >= 0.3 is 0 Å². The zero-order valence-electron chi connectivity index (χ0n) is 10.1. The normalized spacial score (nSPS) is 23.9. The van der Waals surface area contributed by atoms with Crippen molar-refractivity contribution in [3.63, 3.8) is 0 Å². The van der Waals surface area contributed by atoms with Crippen molar-refractivity contribution in [3.05, 3.63) is 0 Å². The third kappa shape index (κ3) is 3.46. The van der Waals surface area contributed by atoms with Crippen LogP contribution in [-0.2, 0) is 4.79 Å². The molecule has 3 nitrogen and oxygen atoms in total. The van der Waals surface area contributed by atoms with E-state index in [2.05, 4.69) is 12.2 Å². The predicted octanol–water partition coefficient (Wildman–Crippen LogP) is 1.99. The molecule has 0 spiro atoms. The standard InChI is InChI=1S/C11H20N2OS2.ClH/c1-2-3-9(12)11(15-6-7-16-11)10(14)13-8-4-5-8;/h8-9H,2-7,12H2,1H3,(H,13,14);1H/t9-;/m0./s1. The molecule has 0 unspecified atom stereocenters. The monoisotopic (exact) mass is 296 g/mol. The lowest BCUT2D eigenvalue weighted by molar-refractivity contribution is -0.121. The third-order valence-electron chi connectivity index (χ3n) is 3.03. The first kappa shape index (κ1) is 15.5. The van der Waals surface area contributed by atoms with Gasteiger partial charge in [-0.15, -0.1) is 35.9 Å². The second-order valence-electron chi connectivity index (χ2n) is 4.51. The molecule has 17 heavy (non-hydrogen) atoms. The number of nitrogens with one attached hydrogen (secondary N) is 1. The predicted molar refractivity (Wildman–Crippen MR) is 78.9 cm³/mol. The maximum absolute atomic E-state index is 12.3. The van der Waals surface area contributed by atoms with Crippen LogP contribution in [0.4, 0.5) is 0 Å². The van der Waals surface area contributed by atoms with Crippen molar-refractivity contribution in [3.8, 4) is 0 Å². The van der Waals surface area contributed by atoms with Gasteiger partial charge in [-0.3, -0.25) is 4.79 Å². The summed E-state index contributed by atoms with van der Waals surface area (Å²) >= 11 is 3.48. The van der Waals surface area contributed by atoms with E-state index in [0.29, 0.717) is 6.04 Å². The molecule has 0 radical (unpaired) electrons. The zero-order chi connectivity index (χ0) is 11.6. The van der Waals surface area contributed by atoms with Crippen LogP contribution in [0, 0.1) is 0 Å². The van der Waals surface area contributed by atoms with Gasteiger partial charge in [0.25, 0.3) is 0 Å². The maximum Gasteiger partial charge on any atom is 0.248 e. The van der Waals surface area contributed by atoms with Gasteiger partial charge in [-0.05, 0) is 19.3 Å². The zero-order valence-corrected chi connectivity index (χ0v) is 12.6. The Kier molecular flexibility index (Phi) is 5.96. The molecule has 1 atom stereocenters. The Morgan fingerprint density at radius 3 is 2.53 bits per heavy atom. The summed E-state index contributed by atoms with van der Waals surface area (Å²) in [5.74, 6) is 2.25. The van der Waals surface area contributed by atoms with Gasteiger partial charge in [0, 0.05) is 23.6 Å². The van der Waals surface area contributed by atoms with Crippen molar-refractivity contribution < 1.29 is 4.79 Å². The summed E-state index contributed by atoms with van der Waals surface area (Å²) in [5.41, 5.74) is 6.22. The first-order chi connectivity index (χ1) is 7.69. The van der Waals surface area contributed by atoms with Gasteiger partial charge < -0.3 is 11.1 Å². The van der Waals surface area contributed by atoms with Crippen LogP contribution >= 0.6 is 35.9 Å². The quantitative estimate of drug-likeness (QED) is 0.815. The topological polar surface area (TPSA) is 55.1 Å². The average Bonchev–Trinajstić information content (AvgIpc) is 2.94. The lowest BCUT2D eigenvalue weighted by atomic mass is 10.1. The number of hydrogen-bond donors (Lipinski definition) is 2. The molecular weight excluding hydrogens is 276 g/mol. The molecule has 2 aliphatic rings. The largest absolute Gasteiger partial charge is 0.351 e. The number of nitrogens with two attached hydrogens (primary N) is 1. The highest BCUT2D eigenvalue weighted by Gasteiger charge is 2.48. The molecule has 1 saturated heterocycles. The summed E-state index contributed by atoms with van der Waals surface area (Å²) in [6.07, 6.45) is 4.25. The van der Waals surface area contributed by atoms with E-state index in [1.54, 1.807) is 23.5 Å². The molecule has 1 heterocycles. The van der Waals surface area contributed by atoms with Gasteiger partial charge in [0.05, 0.1) is 0 Å². The second kappa shape index (κ2) is 6.55. The molecule has 6 heteroatoms. The lowest BCUT2D eigenvalue weighted by Gasteiger charge is -2.32. The lowest BCUT2D eigenvalue weighted by Crippen LogP contribution is -2.53. The molecular formula is C11H21ClN2OS2. The summed E-state index contributed by atoms with van der Waals surface area (Å²) in [7, 11) is 0. The number of carbonyl (C=O) groups excluding carboxylic acids is 1. The fourth-order valence-electron chi connectivity index (χ4n) is 1.96. The van der Waals surface area contributed by atoms with Gasteiger partial charge in [-0.1, -0.05) is 13.3 Å². The number of thioether (sulfide) groups is 2. The SMILES string of the molecule is CCC[C@H](N)C1(C(=O)NC2CC2)SCCS1.Cl. The van der Waals surface area contributed by atoms with E-state index in [0.717, 1.165) is 37.2 Å². The van der Waals surface area contributed by atoms with Crippen LogP contribution in [0.5, 0.6) is 0 Å². The molecule has 0 aromatic heterocycles. The van der Waals surface area contributed by atoms with E-state index >= 15 is 0 Å². The summed E-state index contributed by atoms with van der Waals surface area (Å²) in [4.78, 5) is 12.3. The molecule has 1 aliphatic carbocycles. The Balaban J connectivity index is 0.00000144. The van der Waals surface area contributed by atoms with Crippen molar-refractivity contribution in [2.45, 2.75) is 48.8 Å². The van der Waals surface area contributed by atoms with Gasteiger partial charge in [0.15, 0.2) is 4.08 Å². The average molecular weight is 297 g/mol. The van der Waals surface area contributed by atoms with E-state index in [1.165, 1.54) is 0 Å². The summed E-state index contributed by atoms with van der Waals surface area (Å²) < 4.78 is -0.404. The summed E-state index contributed by atoms with van der Waals surface area (Å²) in [6.45, 7) is 2.12. The van der Waals surface area contributed by atoms with Crippen molar-refractivity contribution in [1.82, 2.24) is 5.32 Å². The highest BCUT2D eigenvalue weighted by Crippen LogP contribution is 2.47. The van der Waals surface area contributed by atoms with Crippen LogP contribution in [0.3, 0.4) is 0 Å². The Hall–Kier alpha value is 0.420. The van der Waals surface area contributed by atoms with Crippen LogP contribution in [0.2, 0.25) is 0 Å². The van der Waals surface area contributed by atoms with E-state index in [9.17, 15) is 4.79 Å². The Morgan fingerprint density at radius 2 is 2.06 bits per heavy atom. The van der Waals surface area contributed by atoms with Gasteiger partial charge in [-0.2, -0.15) is 0 Å². The molecule has 1 saturated carbocycles. The van der Waals surface area contributed by atoms with Gasteiger partial charge in [0.1, 0.15) is 0 Å². The molecule has 100 valence electrons. The number of carbonyl (C=O) groups is 1. The molecule has 0 aromatic carbocycles. The minimum atomic E-state index is -0.404. The Morgan fingerprint density at radius 1 is 1.47 bits per heavy atom. The first-order valence-corrected chi connectivity index (χ1v) is 8.00. The fraction of sp³-hybridized carbons (Fsp3) is 0.909. The number of hydrogen-bond acceptors (Lipinski definition) is 4. The molecule has 1 aliphatic heterocycles. The minimum Gasteiger partial charge on any atom is -0.351 e. The Bertz CT molecular complexity index is 268. The highest BCUT2D eigenvalue weighted by atomic mass is 35.5. The second-order valence-corrected chi connectivity index (χ2v) is 7.45. The van der Waals surface area contributed by atoms with E-state index in [-0.39, 0.29) is 24.4 Å². The number of rotatable bonds is 5. The Labute approximate surface area is 118 Å². The fourth-order valence-corrected chi connectivity index (χ4v) is 5.11. The van der Waals surface area contributed by atoms with E-state index in [1.807, 2.05) is 0 Å². The van der Waals surface area contributed by atoms with Crippen LogP contribution in [0.1, 0.15) is 32.6 Å². The van der Waals surface area contributed by atoms with Crippen LogP contribution < -0.4 is 11.1 Å².